The fourth-order valence-electron chi connectivity index (χ4n) is 1.18. The van der Waals surface area contributed by atoms with Gasteiger partial charge in [0.2, 0.25) is 5.67 Å². The first-order valence-corrected chi connectivity index (χ1v) is 5.35. The summed E-state index contributed by atoms with van der Waals surface area (Å²) in [5.74, 6) is -1.30. The highest BCUT2D eigenvalue weighted by atomic mass is 19.1. The molecule has 1 rings (SSSR count). The van der Waals surface area contributed by atoms with Crippen LogP contribution in [0.1, 0.15) is 27.6 Å². The van der Waals surface area contributed by atoms with E-state index in [-0.39, 0.29) is 11.1 Å². The van der Waals surface area contributed by atoms with E-state index < -0.39 is 24.2 Å². The Kier molecular flexibility index (Phi) is 4.59. The third-order valence-corrected chi connectivity index (χ3v) is 2.25. The molecule has 0 fully saturated rings. The monoisotopic (exact) mass is 265 g/mol. The Morgan fingerprint density at radius 2 is 1.74 bits per heavy atom. The van der Waals surface area contributed by atoms with Gasteiger partial charge in [0, 0.05) is 0 Å². The van der Waals surface area contributed by atoms with Gasteiger partial charge in [-0.05, 0) is 31.2 Å². The number of esters is 2. The maximum Gasteiger partial charge on any atom is 0.338 e. The number of nitriles is 1. The number of benzene rings is 1. The number of carbonyl (C=O) groups is 2. The molecule has 0 N–H and O–H groups in total. The van der Waals surface area contributed by atoms with Crippen LogP contribution in [0.25, 0.3) is 0 Å². The predicted molar refractivity (Wildman–Crippen MR) is 63.2 cm³/mol. The quantitative estimate of drug-likeness (QED) is 0.777. The molecule has 0 saturated carbocycles. The molecule has 0 aliphatic heterocycles. The fourth-order valence-corrected chi connectivity index (χ4v) is 1.18. The Bertz CT molecular complexity index is 516. The standard InChI is InChI=1S/C13H12FNO4/c1-13(14,7-15)8-19-12(17)10-5-3-9(4-6-10)11(16)18-2/h3-6H,8H2,1-2H3/t13-/m1/s1. The summed E-state index contributed by atoms with van der Waals surface area (Å²) in [6, 6.07) is 6.87. The van der Waals surface area contributed by atoms with E-state index in [1.807, 2.05) is 0 Å². The van der Waals surface area contributed by atoms with Crippen molar-refractivity contribution in [1.29, 1.82) is 5.26 Å². The fraction of sp³-hybridized carbons (Fsp3) is 0.308. The van der Waals surface area contributed by atoms with Crippen LogP contribution in [-0.2, 0) is 9.47 Å². The van der Waals surface area contributed by atoms with Crippen LogP contribution in [0.5, 0.6) is 0 Å². The molecule has 100 valence electrons. The topological polar surface area (TPSA) is 76.4 Å². The molecule has 0 saturated heterocycles. The van der Waals surface area contributed by atoms with E-state index in [1.165, 1.54) is 37.4 Å². The summed E-state index contributed by atoms with van der Waals surface area (Å²) >= 11 is 0. The SMILES string of the molecule is COC(=O)c1ccc(C(=O)OC[C@](C)(F)C#N)cc1. The Labute approximate surface area is 109 Å². The summed E-state index contributed by atoms with van der Waals surface area (Å²) in [6.07, 6.45) is 0. The minimum absolute atomic E-state index is 0.154. The van der Waals surface area contributed by atoms with Crippen molar-refractivity contribution >= 4 is 11.9 Å². The molecule has 1 aromatic carbocycles. The van der Waals surface area contributed by atoms with Crippen molar-refractivity contribution in [2.45, 2.75) is 12.6 Å². The summed E-state index contributed by atoms with van der Waals surface area (Å²) in [4.78, 5) is 22.7. The largest absolute Gasteiger partial charge is 0.465 e. The Balaban J connectivity index is 2.69. The second-order valence-corrected chi connectivity index (χ2v) is 3.95. The molecule has 5 nitrogen and oxygen atoms in total. The van der Waals surface area contributed by atoms with Gasteiger partial charge in [-0.1, -0.05) is 0 Å². The Hall–Kier alpha value is -2.42. The van der Waals surface area contributed by atoms with E-state index in [0.29, 0.717) is 0 Å². The zero-order chi connectivity index (χ0) is 14.5. The predicted octanol–water partition coefficient (Wildman–Crippen LogP) is 1.88. The second-order valence-electron chi connectivity index (χ2n) is 3.95. The number of hydrogen-bond acceptors (Lipinski definition) is 5. The van der Waals surface area contributed by atoms with Crippen LogP contribution in [0.4, 0.5) is 4.39 Å². The lowest BCUT2D eigenvalue weighted by Gasteiger charge is -2.11. The highest BCUT2D eigenvalue weighted by Crippen LogP contribution is 2.11. The second kappa shape index (κ2) is 5.96. The summed E-state index contributed by atoms with van der Waals surface area (Å²) < 4.78 is 22.4. The van der Waals surface area contributed by atoms with Gasteiger partial charge >= 0.3 is 11.9 Å². The zero-order valence-electron chi connectivity index (χ0n) is 10.5. The molecule has 0 unspecified atom stereocenters. The lowest BCUT2D eigenvalue weighted by Crippen LogP contribution is -2.25. The first-order valence-electron chi connectivity index (χ1n) is 5.35. The van der Waals surface area contributed by atoms with Gasteiger partial charge in [-0.3, -0.25) is 0 Å². The van der Waals surface area contributed by atoms with Crippen LogP contribution in [0, 0.1) is 11.3 Å². The normalized spacial score (nSPS) is 12.9. The lowest BCUT2D eigenvalue weighted by atomic mass is 10.1. The first kappa shape index (κ1) is 14.6. The molecule has 1 aromatic rings. The third-order valence-electron chi connectivity index (χ3n) is 2.25. The average Bonchev–Trinajstić information content (AvgIpc) is 2.44. The number of halogens is 1. The van der Waals surface area contributed by atoms with E-state index in [9.17, 15) is 14.0 Å². The molecule has 0 radical (unpaired) electrons. The number of ether oxygens (including phenoxy) is 2. The number of alkyl halides is 1. The molecular weight excluding hydrogens is 253 g/mol. The van der Waals surface area contributed by atoms with Crippen LogP contribution < -0.4 is 0 Å². The zero-order valence-corrected chi connectivity index (χ0v) is 10.5. The van der Waals surface area contributed by atoms with Gasteiger partial charge in [0.05, 0.1) is 18.2 Å². The maximum atomic E-state index is 13.2. The molecule has 0 spiro atoms. The summed E-state index contributed by atoms with van der Waals surface area (Å²) in [5.41, 5.74) is -1.78. The summed E-state index contributed by atoms with van der Waals surface area (Å²) in [6.45, 7) is 0.363. The van der Waals surface area contributed by atoms with Gasteiger partial charge in [0.15, 0.2) is 0 Å². The molecule has 0 aliphatic carbocycles. The lowest BCUT2D eigenvalue weighted by molar-refractivity contribution is 0.0326. The van der Waals surface area contributed by atoms with E-state index in [1.54, 1.807) is 0 Å². The minimum Gasteiger partial charge on any atom is -0.465 e. The molecular formula is C13H12FNO4. The molecule has 0 aromatic heterocycles. The van der Waals surface area contributed by atoms with Crippen molar-refractivity contribution in [2.24, 2.45) is 0 Å². The van der Waals surface area contributed by atoms with Gasteiger partial charge in [-0.2, -0.15) is 5.26 Å². The van der Waals surface area contributed by atoms with Crippen LogP contribution in [0.3, 0.4) is 0 Å². The number of hydrogen-bond donors (Lipinski definition) is 0. The number of rotatable bonds is 4. The van der Waals surface area contributed by atoms with Gasteiger partial charge in [-0.15, -0.1) is 0 Å². The van der Waals surface area contributed by atoms with Gasteiger partial charge in [-0.25, -0.2) is 14.0 Å². The highest BCUT2D eigenvalue weighted by Gasteiger charge is 2.25. The van der Waals surface area contributed by atoms with Crippen molar-refractivity contribution in [2.75, 3.05) is 13.7 Å². The van der Waals surface area contributed by atoms with Crippen LogP contribution in [-0.4, -0.2) is 31.3 Å². The summed E-state index contributed by atoms with van der Waals surface area (Å²) in [5, 5.41) is 8.43. The van der Waals surface area contributed by atoms with Crippen LogP contribution in [0.2, 0.25) is 0 Å². The van der Waals surface area contributed by atoms with Gasteiger partial charge in [0.25, 0.3) is 0 Å². The third kappa shape index (κ3) is 4.07. The molecule has 0 heterocycles. The van der Waals surface area contributed by atoms with E-state index in [2.05, 4.69) is 9.47 Å². The number of nitrogens with zero attached hydrogens (tertiary/aromatic N) is 1. The molecule has 1 atom stereocenters. The maximum absolute atomic E-state index is 13.2. The van der Waals surface area contributed by atoms with Crippen molar-refractivity contribution in [3.8, 4) is 6.07 Å². The molecule has 0 bridgehead atoms. The van der Waals surface area contributed by atoms with E-state index >= 15 is 0 Å². The first-order chi connectivity index (χ1) is 8.89. The van der Waals surface area contributed by atoms with Crippen molar-refractivity contribution in [1.82, 2.24) is 0 Å². The molecule has 6 heteroatoms. The van der Waals surface area contributed by atoms with Gasteiger partial charge < -0.3 is 9.47 Å². The minimum atomic E-state index is -2.22. The van der Waals surface area contributed by atoms with Crippen molar-refractivity contribution in [3.63, 3.8) is 0 Å². The number of methoxy groups -OCH3 is 1. The average molecular weight is 265 g/mol. The molecule has 19 heavy (non-hydrogen) atoms. The smallest absolute Gasteiger partial charge is 0.338 e. The van der Waals surface area contributed by atoms with Crippen LogP contribution >= 0.6 is 0 Å². The Morgan fingerprint density at radius 3 is 2.16 bits per heavy atom. The highest BCUT2D eigenvalue weighted by molar-refractivity contribution is 5.93. The van der Waals surface area contributed by atoms with Crippen molar-refractivity contribution in [3.05, 3.63) is 35.4 Å². The molecule has 0 amide bonds. The summed E-state index contributed by atoms with van der Waals surface area (Å²) in [7, 11) is 1.24. The molecule has 0 aliphatic rings. The number of carbonyl (C=O) groups excluding carboxylic acids is 2. The van der Waals surface area contributed by atoms with E-state index in [0.717, 1.165) is 6.92 Å². The van der Waals surface area contributed by atoms with E-state index in [4.69, 9.17) is 5.26 Å². The van der Waals surface area contributed by atoms with Crippen molar-refractivity contribution < 1.29 is 23.5 Å². The van der Waals surface area contributed by atoms with Gasteiger partial charge in [0.1, 0.15) is 12.7 Å². The Morgan fingerprint density at radius 1 is 1.26 bits per heavy atom. The van der Waals surface area contributed by atoms with Crippen LogP contribution in [0.15, 0.2) is 24.3 Å².